The van der Waals surface area contributed by atoms with Crippen molar-refractivity contribution in [1.29, 1.82) is 0 Å². The van der Waals surface area contributed by atoms with E-state index in [1.165, 1.54) is 0 Å². The van der Waals surface area contributed by atoms with Gasteiger partial charge >= 0.3 is 0 Å². The molecule has 84 valence electrons. The van der Waals surface area contributed by atoms with Gasteiger partial charge in [0.05, 0.1) is 11.8 Å². The molecule has 0 rings (SSSR count). The Bertz CT molecular complexity index is 274. The molecule has 0 aromatic heterocycles. The fourth-order valence-corrected chi connectivity index (χ4v) is 1.41. The van der Waals surface area contributed by atoms with Crippen LogP contribution in [-0.2, 0) is 14.6 Å². The highest BCUT2D eigenvalue weighted by Gasteiger charge is 2.12. The summed E-state index contributed by atoms with van der Waals surface area (Å²) < 4.78 is 21.5. The molecular weight excluding hydrogens is 204 g/mol. The molecule has 0 aliphatic carbocycles. The van der Waals surface area contributed by atoms with Crippen LogP contribution >= 0.6 is 0 Å². The second-order valence-electron chi connectivity index (χ2n) is 3.32. The van der Waals surface area contributed by atoms with Crippen LogP contribution in [-0.4, -0.2) is 38.9 Å². The molecule has 0 saturated carbocycles. The lowest BCUT2D eigenvalue weighted by molar-refractivity contribution is -0.122. The molecule has 0 saturated heterocycles. The van der Waals surface area contributed by atoms with Crippen LogP contribution in [0.1, 0.15) is 19.8 Å². The Kier molecular flexibility index (Phi) is 5.71. The van der Waals surface area contributed by atoms with Crippen LogP contribution < -0.4 is 11.1 Å². The molecule has 5 nitrogen and oxygen atoms in total. The molecule has 0 fully saturated rings. The average Bonchev–Trinajstić information content (AvgIpc) is 2.02. The minimum absolute atomic E-state index is 0.0441. The number of nitrogens with one attached hydrogen (secondary N) is 1. The summed E-state index contributed by atoms with van der Waals surface area (Å²) in [7, 11) is -3.01. The lowest BCUT2D eigenvalue weighted by Gasteiger charge is -2.10. The highest BCUT2D eigenvalue weighted by molar-refractivity contribution is 7.90. The molecule has 0 spiro atoms. The third-order valence-electron chi connectivity index (χ3n) is 1.71. The van der Waals surface area contributed by atoms with Gasteiger partial charge < -0.3 is 11.1 Å². The summed E-state index contributed by atoms with van der Waals surface area (Å²) in [6.45, 7) is 2.07. The molecule has 1 atom stereocenters. The van der Waals surface area contributed by atoms with E-state index in [0.717, 1.165) is 12.7 Å². The van der Waals surface area contributed by atoms with Crippen LogP contribution in [0.25, 0.3) is 0 Å². The maximum absolute atomic E-state index is 11.2. The van der Waals surface area contributed by atoms with Gasteiger partial charge in [-0.15, -0.1) is 0 Å². The minimum atomic E-state index is -3.01. The Morgan fingerprint density at radius 2 is 2.07 bits per heavy atom. The number of nitrogens with two attached hydrogens (primary N) is 1. The van der Waals surface area contributed by atoms with Crippen molar-refractivity contribution in [2.45, 2.75) is 25.8 Å². The zero-order valence-corrected chi connectivity index (χ0v) is 9.43. The van der Waals surface area contributed by atoms with Crippen LogP contribution in [0.5, 0.6) is 0 Å². The van der Waals surface area contributed by atoms with Crippen molar-refractivity contribution in [3.05, 3.63) is 0 Å². The van der Waals surface area contributed by atoms with E-state index in [0.29, 0.717) is 6.42 Å². The molecule has 0 aromatic rings. The normalized spacial score (nSPS) is 13.6. The Morgan fingerprint density at radius 1 is 1.50 bits per heavy atom. The Morgan fingerprint density at radius 3 is 2.50 bits per heavy atom. The largest absolute Gasteiger partial charge is 0.354 e. The molecule has 1 unspecified atom stereocenters. The second-order valence-corrected chi connectivity index (χ2v) is 5.58. The molecule has 0 heterocycles. The van der Waals surface area contributed by atoms with E-state index in [2.05, 4.69) is 5.32 Å². The molecule has 0 aliphatic heterocycles. The first-order valence-corrected chi connectivity index (χ1v) is 6.64. The number of carbonyl (C=O) groups excluding carboxylic acids is 1. The van der Waals surface area contributed by atoms with E-state index in [9.17, 15) is 13.2 Å². The van der Waals surface area contributed by atoms with Gasteiger partial charge in [0.2, 0.25) is 5.91 Å². The molecule has 1 amide bonds. The SMILES string of the molecule is CCCC(N)C(=O)NCCS(C)(=O)=O. The summed E-state index contributed by atoms with van der Waals surface area (Å²) in [4.78, 5) is 11.2. The van der Waals surface area contributed by atoms with Gasteiger partial charge in [0.1, 0.15) is 9.84 Å². The van der Waals surface area contributed by atoms with Crippen molar-refractivity contribution in [3.8, 4) is 0 Å². The quantitative estimate of drug-likeness (QED) is 0.620. The highest BCUT2D eigenvalue weighted by atomic mass is 32.2. The fourth-order valence-electron chi connectivity index (χ4n) is 0.933. The van der Waals surface area contributed by atoms with Gasteiger partial charge in [0.15, 0.2) is 0 Å². The fraction of sp³-hybridized carbons (Fsp3) is 0.875. The minimum Gasteiger partial charge on any atom is -0.354 e. The first kappa shape index (κ1) is 13.4. The molecule has 0 bridgehead atoms. The topological polar surface area (TPSA) is 89.3 Å². The number of carbonyl (C=O) groups is 1. The Labute approximate surface area is 85.0 Å². The predicted octanol–water partition coefficient (Wildman–Crippen LogP) is -0.725. The smallest absolute Gasteiger partial charge is 0.236 e. The Hall–Kier alpha value is -0.620. The van der Waals surface area contributed by atoms with Crippen LogP contribution in [0.15, 0.2) is 0 Å². The third-order valence-corrected chi connectivity index (χ3v) is 2.65. The van der Waals surface area contributed by atoms with Crippen LogP contribution in [0.4, 0.5) is 0 Å². The van der Waals surface area contributed by atoms with Gasteiger partial charge in [-0.2, -0.15) is 0 Å². The zero-order valence-electron chi connectivity index (χ0n) is 8.62. The third kappa shape index (κ3) is 6.85. The van der Waals surface area contributed by atoms with Crippen molar-refractivity contribution in [1.82, 2.24) is 5.32 Å². The van der Waals surface area contributed by atoms with Crippen molar-refractivity contribution in [3.63, 3.8) is 0 Å². The summed E-state index contributed by atoms with van der Waals surface area (Å²) in [6.07, 6.45) is 2.58. The number of amides is 1. The van der Waals surface area contributed by atoms with E-state index in [-0.39, 0.29) is 18.2 Å². The number of sulfone groups is 1. The van der Waals surface area contributed by atoms with E-state index in [4.69, 9.17) is 5.73 Å². The van der Waals surface area contributed by atoms with Gasteiger partial charge in [-0.05, 0) is 6.42 Å². The van der Waals surface area contributed by atoms with Crippen molar-refractivity contribution < 1.29 is 13.2 Å². The molecular formula is C8H18N2O3S. The predicted molar refractivity (Wildman–Crippen MR) is 55.6 cm³/mol. The molecule has 0 aliphatic rings. The van der Waals surface area contributed by atoms with Crippen LogP contribution in [0.2, 0.25) is 0 Å². The van der Waals surface area contributed by atoms with E-state index in [1.807, 2.05) is 6.92 Å². The van der Waals surface area contributed by atoms with Crippen LogP contribution in [0.3, 0.4) is 0 Å². The number of hydrogen-bond donors (Lipinski definition) is 2. The second kappa shape index (κ2) is 5.98. The Balaban J connectivity index is 3.75. The summed E-state index contributed by atoms with van der Waals surface area (Å²) in [5.74, 6) is -0.326. The lowest BCUT2D eigenvalue weighted by atomic mass is 10.2. The van der Waals surface area contributed by atoms with Gasteiger partial charge in [0, 0.05) is 12.8 Å². The van der Waals surface area contributed by atoms with Crippen molar-refractivity contribution in [2.24, 2.45) is 5.73 Å². The summed E-state index contributed by atoms with van der Waals surface area (Å²) >= 11 is 0. The maximum atomic E-state index is 11.2. The monoisotopic (exact) mass is 222 g/mol. The summed E-state index contributed by atoms with van der Waals surface area (Å²) in [5.41, 5.74) is 5.52. The summed E-state index contributed by atoms with van der Waals surface area (Å²) in [5, 5.41) is 2.48. The number of hydrogen-bond acceptors (Lipinski definition) is 4. The van der Waals surface area contributed by atoms with Crippen LogP contribution in [0, 0.1) is 0 Å². The van der Waals surface area contributed by atoms with E-state index < -0.39 is 15.9 Å². The first-order chi connectivity index (χ1) is 6.37. The van der Waals surface area contributed by atoms with Crippen molar-refractivity contribution in [2.75, 3.05) is 18.6 Å². The molecule has 0 aromatic carbocycles. The standard InChI is InChI=1S/C8H18N2O3S/c1-3-4-7(9)8(11)10-5-6-14(2,12)13/h7H,3-6,9H2,1-2H3,(H,10,11). The maximum Gasteiger partial charge on any atom is 0.236 e. The summed E-state index contributed by atoms with van der Waals surface area (Å²) in [6, 6.07) is -0.528. The van der Waals surface area contributed by atoms with E-state index in [1.54, 1.807) is 0 Å². The molecule has 14 heavy (non-hydrogen) atoms. The van der Waals surface area contributed by atoms with Gasteiger partial charge in [-0.25, -0.2) is 8.42 Å². The van der Waals surface area contributed by atoms with Gasteiger partial charge in [0.25, 0.3) is 0 Å². The molecule has 6 heteroatoms. The van der Waals surface area contributed by atoms with E-state index >= 15 is 0 Å². The lowest BCUT2D eigenvalue weighted by Crippen LogP contribution is -2.42. The first-order valence-electron chi connectivity index (χ1n) is 4.58. The zero-order chi connectivity index (χ0) is 11.2. The number of rotatable bonds is 6. The van der Waals surface area contributed by atoms with Gasteiger partial charge in [-0.3, -0.25) is 4.79 Å². The van der Waals surface area contributed by atoms with Crippen molar-refractivity contribution >= 4 is 15.7 Å². The highest BCUT2D eigenvalue weighted by Crippen LogP contribution is 1.92. The van der Waals surface area contributed by atoms with Gasteiger partial charge in [-0.1, -0.05) is 13.3 Å². The average molecular weight is 222 g/mol. The molecule has 0 radical (unpaired) electrons. The molecule has 3 N–H and O–H groups in total.